The van der Waals surface area contributed by atoms with Crippen LogP contribution in [-0.2, 0) is 4.43 Å². The highest BCUT2D eigenvalue weighted by atomic mass is 31.2. The van der Waals surface area contributed by atoms with Crippen molar-refractivity contribution in [3.8, 4) is 0 Å². The van der Waals surface area contributed by atoms with E-state index in [0.717, 1.165) is 6.16 Å². The second-order valence-corrected chi connectivity index (χ2v) is 16.1. The van der Waals surface area contributed by atoms with Gasteiger partial charge in [0.05, 0.1) is 12.4 Å². The minimum Gasteiger partial charge on any atom is -0.550 e. The van der Waals surface area contributed by atoms with Crippen molar-refractivity contribution < 1.29 is 4.43 Å². The van der Waals surface area contributed by atoms with Crippen LogP contribution in [0.15, 0.2) is 103 Å². The quantitative estimate of drug-likeness (QED) is 0.277. The predicted octanol–water partition coefficient (Wildman–Crippen LogP) is 5.74. The summed E-state index contributed by atoms with van der Waals surface area (Å²) in [6.45, 7) is 8.89. The van der Waals surface area contributed by atoms with Crippen LogP contribution in [0, 0.1) is 0 Å². The molecule has 3 aromatic rings. The molecule has 3 aromatic carbocycles. The van der Waals surface area contributed by atoms with Crippen LogP contribution in [0.5, 0.6) is 0 Å². The Hall–Kier alpha value is -2.15. The van der Waals surface area contributed by atoms with Crippen molar-refractivity contribution in [3.63, 3.8) is 0 Å². The molecule has 0 radical (unpaired) electrons. The van der Waals surface area contributed by atoms with E-state index in [0.29, 0.717) is 0 Å². The number of allylic oxidation sites excluding steroid dienone is 1. The maximum atomic E-state index is 6.14. The van der Waals surface area contributed by atoms with Gasteiger partial charge in [0.2, 0.25) is 8.32 Å². The zero-order valence-electron chi connectivity index (χ0n) is 17.3. The van der Waals surface area contributed by atoms with Crippen molar-refractivity contribution in [3.05, 3.63) is 103 Å². The summed E-state index contributed by atoms with van der Waals surface area (Å²) >= 11 is 0. The molecule has 0 unspecified atom stereocenters. The first kappa shape index (κ1) is 20.6. The maximum Gasteiger partial charge on any atom is 0.241 e. The minimum absolute atomic E-state index is 0.982. The molecule has 3 rings (SSSR count). The van der Waals surface area contributed by atoms with E-state index in [9.17, 15) is 0 Å². The van der Waals surface area contributed by atoms with Crippen molar-refractivity contribution in [1.82, 2.24) is 0 Å². The molecule has 3 heteroatoms. The van der Waals surface area contributed by atoms with Crippen molar-refractivity contribution in [2.24, 2.45) is 0 Å². The molecule has 28 heavy (non-hydrogen) atoms. The zero-order valence-corrected chi connectivity index (χ0v) is 19.2. The molecule has 1 nitrogen and oxygen atoms in total. The van der Waals surface area contributed by atoms with Crippen molar-refractivity contribution in [2.45, 2.75) is 26.6 Å². The molecule has 0 aliphatic rings. The van der Waals surface area contributed by atoms with Crippen LogP contribution < -0.4 is 15.9 Å². The summed E-state index contributed by atoms with van der Waals surface area (Å²) in [6, 6.07) is 33.0. The standard InChI is InChI=1S/C25H30OPSi/c1-22(20-26-28(2,3)4)21-27(23-14-8-5-9-15-23,24-16-10-6-11-17-24)25-18-12-7-13-19-25/h5-20H,21H2,1-4H3/q+1/b22-20-. The lowest BCUT2D eigenvalue weighted by atomic mass is 10.3. The summed E-state index contributed by atoms with van der Waals surface area (Å²) in [5.41, 5.74) is 1.30. The average Bonchev–Trinajstić information content (AvgIpc) is 2.72. The SMILES string of the molecule is C/C(=C/O[Si](C)(C)C)C[P+](c1ccccc1)(c1ccccc1)c1ccccc1. The van der Waals surface area contributed by atoms with Gasteiger partial charge < -0.3 is 4.43 Å². The van der Waals surface area contributed by atoms with E-state index in [1.165, 1.54) is 21.5 Å². The lowest BCUT2D eigenvalue weighted by molar-refractivity contribution is 0.474. The average molecular weight is 406 g/mol. The fourth-order valence-corrected chi connectivity index (χ4v) is 8.32. The van der Waals surface area contributed by atoms with Crippen LogP contribution >= 0.6 is 7.26 Å². The van der Waals surface area contributed by atoms with E-state index in [1.54, 1.807) is 0 Å². The van der Waals surface area contributed by atoms with Crippen LogP contribution in [0.25, 0.3) is 0 Å². The van der Waals surface area contributed by atoms with Gasteiger partial charge in [0, 0.05) is 0 Å². The third-order valence-corrected chi connectivity index (χ3v) is 10.0. The van der Waals surface area contributed by atoms with E-state index in [1.807, 2.05) is 6.26 Å². The first-order valence-electron chi connectivity index (χ1n) is 9.80. The molecule has 0 aliphatic carbocycles. The fraction of sp³-hybridized carbons (Fsp3) is 0.200. The third kappa shape index (κ3) is 4.81. The van der Waals surface area contributed by atoms with Gasteiger partial charge in [0.15, 0.2) is 0 Å². The Morgan fingerprint density at radius 3 is 1.39 bits per heavy atom. The highest BCUT2D eigenvalue weighted by Crippen LogP contribution is 2.56. The molecule has 0 heterocycles. The lowest BCUT2D eigenvalue weighted by Crippen LogP contribution is -2.33. The van der Waals surface area contributed by atoms with Gasteiger partial charge in [-0.05, 0) is 68.5 Å². The normalized spacial score (nSPS) is 12.6. The first-order chi connectivity index (χ1) is 13.4. The molecular weight excluding hydrogens is 375 g/mol. The topological polar surface area (TPSA) is 9.23 Å². The lowest BCUT2D eigenvalue weighted by Gasteiger charge is -2.28. The van der Waals surface area contributed by atoms with Crippen LogP contribution in [0.2, 0.25) is 19.6 Å². The Morgan fingerprint density at radius 2 is 1.07 bits per heavy atom. The van der Waals surface area contributed by atoms with E-state index in [-0.39, 0.29) is 0 Å². The van der Waals surface area contributed by atoms with Gasteiger partial charge in [-0.15, -0.1) is 0 Å². The number of hydrogen-bond donors (Lipinski definition) is 0. The minimum atomic E-state index is -1.82. The molecule has 0 saturated heterocycles. The predicted molar refractivity (Wildman–Crippen MR) is 128 cm³/mol. The Labute approximate surface area is 171 Å². The van der Waals surface area contributed by atoms with Gasteiger partial charge in [-0.1, -0.05) is 54.6 Å². The second kappa shape index (κ2) is 8.90. The van der Waals surface area contributed by atoms with Gasteiger partial charge in [0.1, 0.15) is 23.2 Å². The van der Waals surface area contributed by atoms with Crippen LogP contribution in [-0.4, -0.2) is 14.5 Å². The fourth-order valence-electron chi connectivity index (χ4n) is 3.46. The molecule has 0 N–H and O–H groups in total. The maximum absolute atomic E-state index is 6.14. The molecule has 0 aliphatic heterocycles. The van der Waals surface area contributed by atoms with Gasteiger partial charge in [0.25, 0.3) is 0 Å². The molecule has 0 amide bonds. The number of benzene rings is 3. The Morgan fingerprint density at radius 1 is 0.714 bits per heavy atom. The monoisotopic (exact) mass is 405 g/mol. The summed E-state index contributed by atoms with van der Waals surface area (Å²) in [5, 5.41) is 4.23. The Balaban J connectivity index is 2.20. The zero-order chi connectivity index (χ0) is 20.0. The smallest absolute Gasteiger partial charge is 0.241 e. The van der Waals surface area contributed by atoms with Crippen LogP contribution in [0.3, 0.4) is 0 Å². The summed E-state index contributed by atoms with van der Waals surface area (Å²) in [5.74, 6) is 0. The van der Waals surface area contributed by atoms with E-state index in [4.69, 9.17) is 4.43 Å². The second-order valence-electron chi connectivity index (χ2n) is 8.17. The number of rotatable bonds is 7. The Bertz CT molecular complexity index is 803. The number of hydrogen-bond acceptors (Lipinski definition) is 1. The van der Waals surface area contributed by atoms with Gasteiger partial charge in [-0.2, -0.15) is 0 Å². The van der Waals surface area contributed by atoms with E-state index in [2.05, 4.69) is 118 Å². The van der Waals surface area contributed by atoms with Gasteiger partial charge in [-0.25, -0.2) is 0 Å². The molecule has 0 spiro atoms. The van der Waals surface area contributed by atoms with Crippen molar-refractivity contribution >= 4 is 31.5 Å². The van der Waals surface area contributed by atoms with E-state index >= 15 is 0 Å². The molecule has 0 atom stereocenters. The highest BCUT2D eigenvalue weighted by molar-refractivity contribution is 7.95. The van der Waals surface area contributed by atoms with Crippen LogP contribution in [0.1, 0.15) is 6.92 Å². The molecule has 0 saturated carbocycles. The van der Waals surface area contributed by atoms with Gasteiger partial charge in [-0.3, -0.25) is 0 Å². The first-order valence-corrected chi connectivity index (χ1v) is 15.2. The molecule has 144 valence electrons. The largest absolute Gasteiger partial charge is 0.550 e. The van der Waals surface area contributed by atoms with Gasteiger partial charge >= 0.3 is 0 Å². The molecule has 0 bridgehead atoms. The molecule has 0 fully saturated rings. The summed E-state index contributed by atoms with van der Waals surface area (Å²) in [7, 11) is -3.42. The highest BCUT2D eigenvalue weighted by Gasteiger charge is 2.45. The summed E-state index contributed by atoms with van der Waals surface area (Å²) in [4.78, 5) is 0. The van der Waals surface area contributed by atoms with Crippen molar-refractivity contribution in [2.75, 3.05) is 6.16 Å². The molecular formula is C25H30OPSi+. The van der Waals surface area contributed by atoms with Crippen molar-refractivity contribution in [1.29, 1.82) is 0 Å². The van der Waals surface area contributed by atoms with E-state index < -0.39 is 15.6 Å². The Kier molecular flexibility index (Phi) is 6.54. The summed E-state index contributed by atoms with van der Waals surface area (Å²) in [6.07, 6.45) is 3.01. The van der Waals surface area contributed by atoms with Crippen LogP contribution in [0.4, 0.5) is 0 Å². The molecule has 0 aromatic heterocycles. The summed E-state index contributed by atoms with van der Waals surface area (Å²) < 4.78 is 6.14. The third-order valence-electron chi connectivity index (χ3n) is 4.69.